The molecule has 0 bridgehead atoms. The summed E-state index contributed by atoms with van der Waals surface area (Å²) in [6.07, 6.45) is 0. The van der Waals surface area contributed by atoms with Gasteiger partial charge in [-0.25, -0.2) is 0 Å². The Hall–Kier alpha value is -1.35. The molecule has 0 radical (unpaired) electrons. The Labute approximate surface area is 126 Å². The van der Waals surface area contributed by atoms with Crippen molar-refractivity contribution < 1.29 is 0 Å². The Balaban J connectivity index is 2.20. The van der Waals surface area contributed by atoms with Crippen LogP contribution in [0.2, 0.25) is 5.02 Å². The van der Waals surface area contributed by atoms with Crippen molar-refractivity contribution in [3.05, 3.63) is 70.2 Å². The van der Waals surface area contributed by atoms with E-state index in [0.717, 1.165) is 17.1 Å². The Morgan fingerprint density at radius 1 is 1.10 bits per heavy atom. The van der Waals surface area contributed by atoms with E-state index in [1.54, 1.807) is 0 Å². The first-order valence-electron chi connectivity index (χ1n) is 6.82. The number of likely N-dealkylation sites (N-methyl/N-ethyl adjacent to an activating group) is 1. The van der Waals surface area contributed by atoms with Crippen LogP contribution in [-0.4, -0.2) is 18.5 Å². The van der Waals surface area contributed by atoms with E-state index in [9.17, 15) is 0 Å². The lowest BCUT2D eigenvalue weighted by Crippen LogP contribution is -2.30. The van der Waals surface area contributed by atoms with E-state index < -0.39 is 0 Å². The van der Waals surface area contributed by atoms with E-state index in [0.29, 0.717) is 6.54 Å². The topological polar surface area (TPSA) is 29.3 Å². The molecule has 0 aliphatic heterocycles. The van der Waals surface area contributed by atoms with Crippen LogP contribution in [0.3, 0.4) is 0 Å². The van der Waals surface area contributed by atoms with Gasteiger partial charge in [-0.1, -0.05) is 54.1 Å². The van der Waals surface area contributed by atoms with Gasteiger partial charge in [0, 0.05) is 24.2 Å². The number of hydrogen-bond donors (Lipinski definition) is 1. The van der Waals surface area contributed by atoms with Gasteiger partial charge >= 0.3 is 0 Å². The standard InChI is InChI=1S/C17H21ClN2/c1-13-7-3-5-9-15(13)17(11-19)20(2)12-14-8-4-6-10-16(14)18/h3-10,17H,11-12,19H2,1-2H3. The van der Waals surface area contributed by atoms with Gasteiger partial charge in [0.25, 0.3) is 0 Å². The zero-order valence-corrected chi connectivity index (χ0v) is 12.8. The van der Waals surface area contributed by atoms with Crippen molar-refractivity contribution in [2.45, 2.75) is 19.5 Å². The fourth-order valence-corrected chi connectivity index (χ4v) is 2.71. The van der Waals surface area contributed by atoms with Crippen LogP contribution in [0.1, 0.15) is 22.7 Å². The van der Waals surface area contributed by atoms with Crippen LogP contribution in [-0.2, 0) is 6.54 Å². The van der Waals surface area contributed by atoms with Crippen molar-refractivity contribution in [2.75, 3.05) is 13.6 Å². The molecule has 2 nitrogen and oxygen atoms in total. The Bertz CT molecular complexity index is 568. The molecule has 2 aromatic rings. The predicted octanol–water partition coefficient (Wildman–Crippen LogP) is 3.78. The maximum Gasteiger partial charge on any atom is 0.0473 e. The molecule has 0 saturated heterocycles. The van der Waals surface area contributed by atoms with Gasteiger partial charge in [-0.05, 0) is 36.7 Å². The van der Waals surface area contributed by atoms with E-state index in [1.807, 2.05) is 18.2 Å². The largest absolute Gasteiger partial charge is 0.329 e. The molecule has 0 amide bonds. The van der Waals surface area contributed by atoms with Crippen molar-refractivity contribution in [2.24, 2.45) is 5.73 Å². The number of aryl methyl sites for hydroxylation is 1. The highest BCUT2D eigenvalue weighted by Crippen LogP contribution is 2.25. The fraction of sp³-hybridized carbons (Fsp3) is 0.294. The SMILES string of the molecule is Cc1ccccc1C(CN)N(C)Cc1ccccc1Cl. The molecule has 0 aliphatic carbocycles. The highest BCUT2D eigenvalue weighted by molar-refractivity contribution is 6.31. The van der Waals surface area contributed by atoms with Gasteiger partial charge in [0.05, 0.1) is 0 Å². The number of halogens is 1. The molecule has 2 N–H and O–H groups in total. The highest BCUT2D eigenvalue weighted by Gasteiger charge is 2.17. The highest BCUT2D eigenvalue weighted by atomic mass is 35.5. The van der Waals surface area contributed by atoms with Crippen molar-refractivity contribution >= 4 is 11.6 Å². The molecule has 106 valence electrons. The summed E-state index contributed by atoms with van der Waals surface area (Å²) in [5.41, 5.74) is 9.67. The van der Waals surface area contributed by atoms with Gasteiger partial charge in [-0.3, -0.25) is 4.90 Å². The molecule has 0 heterocycles. The maximum atomic E-state index is 6.24. The first kappa shape index (κ1) is 15.0. The molecule has 0 fully saturated rings. The van der Waals surface area contributed by atoms with Crippen molar-refractivity contribution in [1.82, 2.24) is 4.90 Å². The van der Waals surface area contributed by atoms with Gasteiger partial charge < -0.3 is 5.73 Å². The summed E-state index contributed by atoms with van der Waals surface area (Å²) < 4.78 is 0. The van der Waals surface area contributed by atoms with Crippen molar-refractivity contribution in [3.63, 3.8) is 0 Å². The summed E-state index contributed by atoms with van der Waals surface area (Å²) in [5.74, 6) is 0. The Kier molecular flexibility index (Phi) is 5.18. The van der Waals surface area contributed by atoms with Crippen LogP contribution >= 0.6 is 11.6 Å². The fourth-order valence-electron chi connectivity index (χ4n) is 2.51. The molecule has 1 atom stereocenters. The monoisotopic (exact) mass is 288 g/mol. The van der Waals surface area contributed by atoms with Crippen molar-refractivity contribution in [3.8, 4) is 0 Å². The normalized spacial score (nSPS) is 12.7. The minimum atomic E-state index is 0.201. The molecule has 2 aromatic carbocycles. The summed E-state index contributed by atoms with van der Waals surface area (Å²) in [6.45, 7) is 3.50. The van der Waals surface area contributed by atoms with Gasteiger partial charge in [0.15, 0.2) is 0 Å². The summed E-state index contributed by atoms with van der Waals surface area (Å²) in [6, 6.07) is 16.5. The number of nitrogens with two attached hydrogens (primary N) is 1. The van der Waals surface area contributed by atoms with Gasteiger partial charge in [0.2, 0.25) is 0 Å². The summed E-state index contributed by atoms with van der Waals surface area (Å²) in [5, 5.41) is 0.805. The first-order valence-corrected chi connectivity index (χ1v) is 7.20. The second-order valence-corrected chi connectivity index (χ2v) is 5.52. The summed E-state index contributed by atoms with van der Waals surface area (Å²) >= 11 is 6.24. The molecule has 0 aromatic heterocycles. The van der Waals surface area contributed by atoms with E-state index in [1.165, 1.54) is 11.1 Å². The minimum Gasteiger partial charge on any atom is -0.329 e. The minimum absolute atomic E-state index is 0.201. The molecule has 1 unspecified atom stereocenters. The second-order valence-electron chi connectivity index (χ2n) is 5.11. The molecule has 20 heavy (non-hydrogen) atoms. The predicted molar refractivity (Wildman–Crippen MR) is 85.9 cm³/mol. The molecule has 2 rings (SSSR count). The van der Waals surface area contributed by atoms with Crippen LogP contribution in [0.15, 0.2) is 48.5 Å². The zero-order chi connectivity index (χ0) is 14.5. The molecule has 0 spiro atoms. The zero-order valence-electron chi connectivity index (χ0n) is 12.0. The van der Waals surface area contributed by atoms with E-state index in [2.05, 4.69) is 49.2 Å². The molecule has 3 heteroatoms. The lowest BCUT2D eigenvalue weighted by molar-refractivity contribution is 0.241. The summed E-state index contributed by atoms with van der Waals surface area (Å²) in [7, 11) is 2.09. The third-order valence-corrected chi connectivity index (χ3v) is 4.05. The van der Waals surface area contributed by atoms with Crippen LogP contribution < -0.4 is 5.73 Å². The lowest BCUT2D eigenvalue weighted by atomic mass is 10.00. The first-order chi connectivity index (χ1) is 9.63. The third-order valence-electron chi connectivity index (χ3n) is 3.68. The van der Waals surface area contributed by atoms with Crippen LogP contribution in [0.4, 0.5) is 0 Å². The quantitative estimate of drug-likeness (QED) is 0.907. The Morgan fingerprint density at radius 3 is 2.40 bits per heavy atom. The molecular weight excluding hydrogens is 268 g/mol. The van der Waals surface area contributed by atoms with E-state index >= 15 is 0 Å². The van der Waals surface area contributed by atoms with E-state index in [4.69, 9.17) is 17.3 Å². The van der Waals surface area contributed by atoms with Crippen LogP contribution in [0.25, 0.3) is 0 Å². The van der Waals surface area contributed by atoms with Gasteiger partial charge in [-0.2, -0.15) is 0 Å². The van der Waals surface area contributed by atoms with E-state index in [-0.39, 0.29) is 6.04 Å². The molecule has 0 saturated carbocycles. The number of nitrogens with zero attached hydrogens (tertiary/aromatic N) is 1. The van der Waals surface area contributed by atoms with Crippen LogP contribution in [0, 0.1) is 6.92 Å². The summed E-state index contributed by atoms with van der Waals surface area (Å²) in [4.78, 5) is 2.25. The van der Waals surface area contributed by atoms with Crippen molar-refractivity contribution in [1.29, 1.82) is 0 Å². The smallest absolute Gasteiger partial charge is 0.0473 e. The second kappa shape index (κ2) is 6.89. The number of hydrogen-bond acceptors (Lipinski definition) is 2. The van der Waals surface area contributed by atoms with Crippen LogP contribution in [0.5, 0.6) is 0 Å². The van der Waals surface area contributed by atoms with Gasteiger partial charge in [0.1, 0.15) is 0 Å². The molecular formula is C17H21ClN2. The average Bonchev–Trinajstić information content (AvgIpc) is 2.44. The average molecular weight is 289 g/mol. The number of rotatable bonds is 5. The molecule has 0 aliphatic rings. The number of benzene rings is 2. The Morgan fingerprint density at radius 2 is 1.75 bits per heavy atom. The maximum absolute atomic E-state index is 6.24. The lowest BCUT2D eigenvalue weighted by Gasteiger charge is -2.29. The van der Waals surface area contributed by atoms with Gasteiger partial charge in [-0.15, -0.1) is 0 Å². The third kappa shape index (κ3) is 3.40.